The van der Waals surface area contributed by atoms with Gasteiger partial charge >= 0.3 is 0 Å². The number of rotatable bonds is 5. The van der Waals surface area contributed by atoms with Crippen LogP contribution in [0, 0.1) is 6.92 Å². The number of ketones is 1. The minimum Gasteiger partial charge on any atom is -0.458 e. The second-order valence-electron chi connectivity index (χ2n) is 5.33. The van der Waals surface area contributed by atoms with Gasteiger partial charge in [-0.2, -0.15) is 0 Å². The van der Waals surface area contributed by atoms with Crippen molar-refractivity contribution in [3.05, 3.63) is 59.0 Å². The smallest absolute Gasteiger partial charge is 0.240 e. The molecule has 1 unspecified atom stereocenters. The lowest BCUT2D eigenvalue weighted by atomic mass is 9.97. The van der Waals surface area contributed by atoms with Crippen LogP contribution in [0.15, 0.2) is 40.8 Å². The predicted molar refractivity (Wildman–Crippen MR) is 84.7 cm³/mol. The van der Waals surface area contributed by atoms with Gasteiger partial charge in [0.2, 0.25) is 21.7 Å². The molecule has 1 aromatic heterocycles. The van der Waals surface area contributed by atoms with E-state index in [9.17, 15) is 18.0 Å². The second kappa shape index (κ2) is 6.37. The van der Waals surface area contributed by atoms with Crippen LogP contribution in [0.3, 0.4) is 0 Å². The van der Waals surface area contributed by atoms with Crippen molar-refractivity contribution >= 4 is 21.7 Å². The Morgan fingerprint density at radius 2 is 1.87 bits per heavy atom. The molecule has 0 aliphatic rings. The van der Waals surface area contributed by atoms with Crippen LogP contribution in [0.2, 0.25) is 0 Å². The highest BCUT2D eigenvalue weighted by molar-refractivity contribution is 7.89. The molecular weight excluding hydrogens is 318 g/mol. The van der Waals surface area contributed by atoms with E-state index in [1.54, 1.807) is 50.2 Å². The first kappa shape index (κ1) is 17.0. The summed E-state index contributed by atoms with van der Waals surface area (Å²) in [5.41, 5.74) is 0.913. The molecule has 0 aliphatic carbocycles. The number of hydrogen-bond acceptors (Lipinski definition) is 5. The van der Waals surface area contributed by atoms with Gasteiger partial charge in [-0.05, 0) is 37.6 Å². The zero-order chi connectivity index (χ0) is 17.2. The normalized spacial score (nSPS) is 12.7. The van der Waals surface area contributed by atoms with Gasteiger partial charge in [0.05, 0.1) is 12.2 Å². The second-order valence-corrected chi connectivity index (χ2v) is 7.07. The Bertz CT molecular complexity index is 851. The highest BCUT2D eigenvalue weighted by atomic mass is 32.2. The Balaban J connectivity index is 2.26. The maximum Gasteiger partial charge on any atom is 0.240 e. The molecule has 7 heteroatoms. The third-order valence-corrected chi connectivity index (χ3v) is 3.86. The number of carbonyl (C=O) groups is 2. The maximum absolute atomic E-state index is 12.3. The van der Waals surface area contributed by atoms with E-state index in [1.165, 1.54) is 0 Å². The van der Waals surface area contributed by atoms with Gasteiger partial charge < -0.3 is 4.42 Å². The minimum absolute atomic E-state index is 0.216. The topological polar surface area (TPSA) is 93.5 Å². The first-order valence-corrected chi connectivity index (χ1v) is 8.79. The predicted octanol–water partition coefficient (Wildman–Crippen LogP) is 2.00. The number of hydrogen-bond donors (Lipinski definition) is 1. The molecule has 2 aromatic rings. The van der Waals surface area contributed by atoms with Crippen LogP contribution in [0.4, 0.5) is 0 Å². The number of carbonyl (C=O) groups excluding carboxylic acids is 2. The third kappa shape index (κ3) is 4.29. The van der Waals surface area contributed by atoms with Crippen molar-refractivity contribution in [2.75, 3.05) is 6.26 Å². The fourth-order valence-corrected chi connectivity index (χ4v) is 2.61. The molecule has 0 saturated carbocycles. The molecule has 23 heavy (non-hydrogen) atoms. The maximum atomic E-state index is 12.3. The lowest BCUT2D eigenvalue weighted by Gasteiger charge is -2.12. The molecule has 1 heterocycles. The number of amides is 1. The van der Waals surface area contributed by atoms with Crippen LogP contribution in [0.5, 0.6) is 0 Å². The monoisotopic (exact) mass is 335 g/mol. The SMILES string of the molecule is Cc1ccc(C(=O)c2cccc(C(C)C(=O)NS(C)(=O)=O)c2)o1. The van der Waals surface area contributed by atoms with E-state index in [2.05, 4.69) is 0 Å². The van der Waals surface area contributed by atoms with E-state index in [0.717, 1.165) is 6.26 Å². The zero-order valence-electron chi connectivity index (χ0n) is 13.0. The number of furan rings is 1. The molecule has 0 spiro atoms. The summed E-state index contributed by atoms with van der Waals surface area (Å²) in [7, 11) is -3.62. The van der Waals surface area contributed by atoms with E-state index < -0.39 is 21.8 Å². The average Bonchev–Trinajstić information content (AvgIpc) is 2.90. The van der Waals surface area contributed by atoms with Gasteiger partial charge in [-0.3, -0.25) is 14.3 Å². The molecule has 0 radical (unpaired) electrons. The van der Waals surface area contributed by atoms with Crippen molar-refractivity contribution in [3.63, 3.8) is 0 Å². The van der Waals surface area contributed by atoms with Gasteiger partial charge in [-0.15, -0.1) is 0 Å². The lowest BCUT2D eigenvalue weighted by molar-refractivity contribution is -0.120. The molecule has 0 fully saturated rings. The van der Waals surface area contributed by atoms with Crippen molar-refractivity contribution in [2.24, 2.45) is 0 Å². The molecule has 122 valence electrons. The summed E-state index contributed by atoms with van der Waals surface area (Å²) in [5.74, 6) is -0.810. The quantitative estimate of drug-likeness (QED) is 0.844. The molecule has 2 rings (SSSR count). The van der Waals surface area contributed by atoms with Gasteiger partial charge in [-0.1, -0.05) is 18.2 Å². The Hall–Kier alpha value is -2.41. The van der Waals surface area contributed by atoms with Crippen molar-refractivity contribution in [3.8, 4) is 0 Å². The number of sulfonamides is 1. The third-order valence-electron chi connectivity index (χ3n) is 3.29. The highest BCUT2D eigenvalue weighted by Crippen LogP contribution is 2.20. The van der Waals surface area contributed by atoms with Crippen molar-refractivity contribution in [2.45, 2.75) is 19.8 Å². The molecule has 0 bridgehead atoms. The van der Waals surface area contributed by atoms with E-state index in [0.29, 0.717) is 16.9 Å². The van der Waals surface area contributed by atoms with Gasteiger partial charge in [0.1, 0.15) is 5.76 Å². The first-order chi connectivity index (χ1) is 10.7. The van der Waals surface area contributed by atoms with Gasteiger partial charge in [-0.25, -0.2) is 8.42 Å². The minimum atomic E-state index is -3.62. The van der Waals surface area contributed by atoms with Crippen LogP contribution in [-0.4, -0.2) is 26.4 Å². The summed E-state index contributed by atoms with van der Waals surface area (Å²) >= 11 is 0. The molecule has 1 atom stereocenters. The van der Waals surface area contributed by atoms with E-state index in [-0.39, 0.29) is 11.5 Å². The number of aryl methyl sites for hydroxylation is 1. The lowest BCUT2D eigenvalue weighted by Crippen LogP contribution is -2.32. The van der Waals surface area contributed by atoms with E-state index in [4.69, 9.17) is 4.42 Å². The molecule has 1 N–H and O–H groups in total. The molecular formula is C16H17NO5S. The number of nitrogens with one attached hydrogen (secondary N) is 1. The average molecular weight is 335 g/mol. The Kier molecular flexibility index (Phi) is 4.70. The summed E-state index contributed by atoms with van der Waals surface area (Å²) in [6, 6.07) is 9.76. The summed E-state index contributed by atoms with van der Waals surface area (Å²) in [5, 5.41) is 0. The molecule has 1 amide bonds. The Labute approximate surface area is 134 Å². The van der Waals surface area contributed by atoms with Crippen molar-refractivity contribution in [1.29, 1.82) is 0 Å². The van der Waals surface area contributed by atoms with Crippen LogP contribution in [0.1, 0.15) is 40.3 Å². The standard InChI is InChI=1S/C16H17NO5S/c1-10-7-8-14(22-10)15(18)13-6-4-5-12(9-13)11(2)16(19)17-23(3,20)21/h4-9,11H,1-3H3,(H,17,19). The highest BCUT2D eigenvalue weighted by Gasteiger charge is 2.20. The van der Waals surface area contributed by atoms with Crippen molar-refractivity contribution < 1.29 is 22.4 Å². The van der Waals surface area contributed by atoms with Crippen LogP contribution >= 0.6 is 0 Å². The van der Waals surface area contributed by atoms with Crippen LogP contribution in [-0.2, 0) is 14.8 Å². The van der Waals surface area contributed by atoms with Crippen molar-refractivity contribution in [1.82, 2.24) is 4.72 Å². The van der Waals surface area contributed by atoms with Crippen LogP contribution < -0.4 is 4.72 Å². The Morgan fingerprint density at radius 3 is 2.43 bits per heavy atom. The van der Waals surface area contributed by atoms with E-state index in [1.807, 2.05) is 4.72 Å². The Morgan fingerprint density at radius 1 is 1.17 bits per heavy atom. The summed E-state index contributed by atoms with van der Waals surface area (Å²) in [6.45, 7) is 3.31. The fraction of sp³-hybridized carbons (Fsp3) is 0.250. The molecule has 0 aliphatic heterocycles. The number of benzene rings is 1. The molecule has 6 nitrogen and oxygen atoms in total. The zero-order valence-corrected chi connectivity index (χ0v) is 13.8. The van der Waals surface area contributed by atoms with E-state index >= 15 is 0 Å². The molecule has 1 aromatic carbocycles. The van der Waals surface area contributed by atoms with Gasteiger partial charge in [0, 0.05) is 5.56 Å². The molecule has 0 saturated heterocycles. The largest absolute Gasteiger partial charge is 0.458 e. The van der Waals surface area contributed by atoms with Gasteiger partial charge in [0.15, 0.2) is 5.76 Å². The summed E-state index contributed by atoms with van der Waals surface area (Å²) < 4.78 is 29.5. The fourth-order valence-electron chi connectivity index (χ4n) is 2.07. The summed E-state index contributed by atoms with van der Waals surface area (Å²) in [4.78, 5) is 24.3. The summed E-state index contributed by atoms with van der Waals surface area (Å²) in [6.07, 6.45) is 0.914. The van der Waals surface area contributed by atoms with Gasteiger partial charge in [0.25, 0.3) is 0 Å². The van der Waals surface area contributed by atoms with Crippen LogP contribution in [0.25, 0.3) is 0 Å². The first-order valence-electron chi connectivity index (χ1n) is 6.90.